The van der Waals surface area contributed by atoms with Crippen LogP contribution in [0.2, 0.25) is 0 Å². The number of hydrogen-bond donors (Lipinski definition) is 1. The molecule has 0 unspecified atom stereocenters. The maximum Gasteiger partial charge on any atom is 0.407 e. The molecule has 2 aromatic heterocycles. The summed E-state index contributed by atoms with van der Waals surface area (Å²) in [6.07, 6.45) is 0.812. The lowest BCUT2D eigenvalue weighted by atomic mass is 10.4. The second kappa shape index (κ2) is 4.09. The highest BCUT2D eigenvalue weighted by Crippen LogP contribution is 2.12. The smallest absolute Gasteiger partial charge is 0.407 e. The van der Waals surface area contributed by atoms with Crippen molar-refractivity contribution in [3.8, 4) is 0 Å². The molecule has 7 heteroatoms. The van der Waals surface area contributed by atoms with Crippen molar-refractivity contribution in [2.45, 2.75) is 6.54 Å². The Hall–Kier alpha value is -1.63. The van der Waals surface area contributed by atoms with Gasteiger partial charge in [0.05, 0.1) is 6.54 Å². The van der Waals surface area contributed by atoms with Gasteiger partial charge in [-0.1, -0.05) is 0 Å². The minimum Gasteiger partial charge on any atom is -0.465 e. The lowest BCUT2D eigenvalue weighted by molar-refractivity contribution is 0.152. The first-order chi connectivity index (χ1) is 7.58. The maximum atomic E-state index is 10.7. The van der Waals surface area contributed by atoms with E-state index in [0.29, 0.717) is 11.5 Å². The first-order valence-electron chi connectivity index (χ1n) is 4.51. The lowest BCUT2D eigenvalue weighted by Crippen LogP contribution is -2.25. The number of carboxylic acid groups (broad SMARTS) is 1. The number of nitrogens with zero attached hydrogens (tertiary/aromatic N) is 4. The highest BCUT2D eigenvalue weighted by molar-refractivity contribution is 9.10. The molecule has 0 atom stereocenters. The van der Waals surface area contributed by atoms with Crippen LogP contribution in [0.1, 0.15) is 5.82 Å². The Kier molecular flexibility index (Phi) is 2.78. The summed E-state index contributed by atoms with van der Waals surface area (Å²) < 4.78 is 2.64. The molecule has 0 aliphatic rings. The van der Waals surface area contributed by atoms with Crippen LogP contribution >= 0.6 is 15.9 Å². The number of fused-ring (bicyclic) bond motifs is 1. The zero-order valence-corrected chi connectivity index (χ0v) is 10.0. The van der Waals surface area contributed by atoms with Gasteiger partial charge in [0.2, 0.25) is 0 Å². The first-order valence-corrected chi connectivity index (χ1v) is 5.30. The van der Waals surface area contributed by atoms with E-state index in [1.807, 2.05) is 6.07 Å². The topological polar surface area (TPSA) is 70.7 Å². The molecule has 0 aliphatic carbocycles. The molecule has 2 rings (SSSR count). The number of hydrogen-bond acceptors (Lipinski definition) is 3. The normalized spacial score (nSPS) is 10.6. The number of carbonyl (C=O) groups is 1. The summed E-state index contributed by atoms with van der Waals surface area (Å²) in [5, 5.41) is 16.7. The second-order valence-electron chi connectivity index (χ2n) is 3.33. The first kappa shape index (κ1) is 10.9. The van der Waals surface area contributed by atoms with Gasteiger partial charge in [-0.25, -0.2) is 4.79 Å². The third-order valence-corrected chi connectivity index (χ3v) is 2.61. The van der Waals surface area contributed by atoms with Gasteiger partial charge in [-0.05, 0) is 28.1 Å². The van der Waals surface area contributed by atoms with E-state index >= 15 is 0 Å². The summed E-state index contributed by atoms with van der Waals surface area (Å²) in [5.41, 5.74) is 0.692. The fourth-order valence-corrected chi connectivity index (χ4v) is 1.64. The number of aromatic nitrogens is 3. The van der Waals surface area contributed by atoms with Crippen LogP contribution < -0.4 is 0 Å². The van der Waals surface area contributed by atoms with Gasteiger partial charge in [0.1, 0.15) is 0 Å². The van der Waals surface area contributed by atoms with E-state index in [0.717, 1.165) is 9.37 Å². The van der Waals surface area contributed by atoms with E-state index < -0.39 is 6.09 Å². The van der Waals surface area contributed by atoms with E-state index in [1.54, 1.807) is 16.7 Å². The van der Waals surface area contributed by atoms with Crippen molar-refractivity contribution < 1.29 is 9.90 Å². The molecule has 0 radical (unpaired) electrons. The fraction of sp³-hybridized carbons (Fsp3) is 0.222. The molecule has 2 heterocycles. The molecule has 0 aliphatic heterocycles. The SMILES string of the molecule is CN(Cc1nnc2ccc(Br)cn12)C(=O)O. The highest BCUT2D eigenvalue weighted by atomic mass is 79.9. The minimum absolute atomic E-state index is 0.201. The van der Waals surface area contributed by atoms with E-state index in [4.69, 9.17) is 5.11 Å². The quantitative estimate of drug-likeness (QED) is 0.909. The molecular weight excluding hydrogens is 276 g/mol. The van der Waals surface area contributed by atoms with Crippen LogP contribution in [0.15, 0.2) is 22.8 Å². The zero-order chi connectivity index (χ0) is 11.7. The standard InChI is InChI=1S/C9H9BrN4O2/c1-13(9(15)16)5-8-12-11-7-3-2-6(10)4-14(7)8/h2-4H,5H2,1H3,(H,15,16). The predicted molar refractivity (Wildman–Crippen MR) is 60.2 cm³/mol. The van der Waals surface area contributed by atoms with Crippen LogP contribution in [0.25, 0.3) is 5.65 Å². The average molecular weight is 285 g/mol. The summed E-state index contributed by atoms with van der Waals surface area (Å²) in [6.45, 7) is 0.201. The molecule has 0 aromatic carbocycles. The summed E-state index contributed by atoms with van der Waals surface area (Å²) >= 11 is 3.34. The van der Waals surface area contributed by atoms with E-state index in [2.05, 4.69) is 26.1 Å². The van der Waals surface area contributed by atoms with Crippen molar-refractivity contribution in [3.05, 3.63) is 28.6 Å². The molecule has 84 valence electrons. The maximum absolute atomic E-state index is 10.7. The summed E-state index contributed by atoms with van der Waals surface area (Å²) in [6, 6.07) is 3.66. The number of amides is 1. The average Bonchev–Trinajstić information content (AvgIpc) is 2.61. The highest BCUT2D eigenvalue weighted by Gasteiger charge is 2.11. The Morgan fingerprint density at radius 2 is 2.31 bits per heavy atom. The molecule has 0 spiro atoms. The summed E-state index contributed by atoms with van der Waals surface area (Å²) in [7, 11) is 1.49. The van der Waals surface area contributed by atoms with Crippen molar-refractivity contribution >= 4 is 27.7 Å². The summed E-state index contributed by atoms with van der Waals surface area (Å²) in [4.78, 5) is 11.8. The molecule has 1 amide bonds. The Bertz CT molecular complexity index is 539. The van der Waals surface area contributed by atoms with E-state index in [9.17, 15) is 4.79 Å². The Labute approximate surface area is 99.6 Å². The van der Waals surface area contributed by atoms with Gasteiger partial charge < -0.3 is 10.0 Å². The third-order valence-electron chi connectivity index (χ3n) is 2.14. The number of pyridine rings is 1. The largest absolute Gasteiger partial charge is 0.465 e. The van der Waals surface area contributed by atoms with Crippen LogP contribution in [0.5, 0.6) is 0 Å². The lowest BCUT2D eigenvalue weighted by Gasteiger charge is -2.10. The molecule has 0 saturated heterocycles. The van der Waals surface area contributed by atoms with Gasteiger partial charge in [0.15, 0.2) is 11.5 Å². The van der Waals surface area contributed by atoms with Gasteiger partial charge in [0, 0.05) is 17.7 Å². The molecule has 1 N–H and O–H groups in total. The third kappa shape index (κ3) is 1.99. The van der Waals surface area contributed by atoms with Gasteiger partial charge in [-0.3, -0.25) is 4.40 Å². The van der Waals surface area contributed by atoms with Crippen LogP contribution in [0, 0.1) is 0 Å². The van der Waals surface area contributed by atoms with Gasteiger partial charge in [-0.2, -0.15) is 0 Å². The van der Waals surface area contributed by atoms with Gasteiger partial charge >= 0.3 is 6.09 Å². The Morgan fingerprint density at radius 1 is 1.56 bits per heavy atom. The predicted octanol–water partition coefficient (Wildman–Crippen LogP) is 1.60. The van der Waals surface area contributed by atoms with Crippen molar-refractivity contribution in [3.63, 3.8) is 0 Å². The second-order valence-corrected chi connectivity index (χ2v) is 4.25. The molecule has 16 heavy (non-hydrogen) atoms. The van der Waals surface area contributed by atoms with Crippen molar-refractivity contribution in [1.82, 2.24) is 19.5 Å². The van der Waals surface area contributed by atoms with E-state index in [-0.39, 0.29) is 6.54 Å². The van der Waals surface area contributed by atoms with Crippen LogP contribution in [0.4, 0.5) is 4.79 Å². The zero-order valence-electron chi connectivity index (χ0n) is 8.46. The Balaban J connectivity index is 2.37. The van der Waals surface area contributed by atoms with Crippen LogP contribution in [0.3, 0.4) is 0 Å². The molecule has 0 saturated carbocycles. The van der Waals surface area contributed by atoms with E-state index in [1.165, 1.54) is 7.05 Å². The molecule has 6 nitrogen and oxygen atoms in total. The fourth-order valence-electron chi connectivity index (χ4n) is 1.30. The number of rotatable bonds is 2. The number of halogens is 1. The molecular formula is C9H9BrN4O2. The van der Waals surface area contributed by atoms with Gasteiger partial charge in [-0.15, -0.1) is 10.2 Å². The molecule has 0 fully saturated rings. The minimum atomic E-state index is -0.994. The molecule has 2 aromatic rings. The monoisotopic (exact) mass is 284 g/mol. The van der Waals surface area contributed by atoms with Crippen LogP contribution in [-0.2, 0) is 6.54 Å². The van der Waals surface area contributed by atoms with Crippen molar-refractivity contribution in [2.24, 2.45) is 0 Å². The van der Waals surface area contributed by atoms with Crippen LogP contribution in [-0.4, -0.2) is 37.7 Å². The Morgan fingerprint density at radius 3 is 3.00 bits per heavy atom. The van der Waals surface area contributed by atoms with Crippen molar-refractivity contribution in [1.29, 1.82) is 0 Å². The molecule has 0 bridgehead atoms. The van der Waals surface area contributed by atoms with Crippen molar-refractivity contribution in [2.75, 3.05) is 7.05 Å². The summed E-state index contributed by atoms with van der Waals surface area (Å²) in [5.74, 6) is 0.584. The van der Waals surface area contributed by atoms with Gasteiger partial charge in [0.25, 0.3) is 0 Å².